The first kappa shape index (κ1) is 16.7. The lowest BCUT2D eigenvalue weighted by atomic mass is 9.80. The highest BCUT2D eigenvalue weighted by molar-refractivity contribution is 6.58. The Kier molecular flexibility index (Phi) is 6.38. The van der Waals surface area contributed by atoms with Crippen LogP contribution in [0.15, 0.2) is 42.5 Å². The third-order valence-electron chi connectivity index (χ3n) is 2.55. The molecule has 110 valence electrons. The molecule has 2 rings (SSSR count). The van der Waals surface area contributed by atoms with Crippen LogP contribution in [0.5, 0.6) is 17.2 Å². The molecule has 21 heavy (non-hydrogen) atoms. The number of halogens is 1. The predicted molar refractivity (Wildman–Crippen MR) is 79.1 cm³/mol. The normalized spacial score (nSPS) is 9.33. The summed E-state index contributed by atoms with van der Waals surface area (Å²) in [6.07, 6.45) is 0. The largest absolute Gasteiger partial charge is 0.494 e. The number of rotatable bonds is 4. The van der Waals surface area contributed by atoms with E-state index in [9.17, 15) is 4.39 Å². The van der Waals surface area contributed by atoms with Gasteiger partial charge in [-0.05, 0) is 36.4 Å². The summed E-state index contributed by atoms with van der Waals surface area (Å²) in [4.78, 5) is 0. The minimum absolute atomic E-state index is 0.0386. The molecule has 0 aromatic heterocycles. The van der Waals surface area contributed by atoms with Crippen LogP contribution in [0.2, 0.25) is 0 Å². The van der Waals surface area contributed by atoms with Gasteiger partial charge in [-0.25, -0.2) is 0 Å². The molecule has 0 spiro atoms. The smallest absolute Gasteiger partial charge is 0.488 e. The molecule has 0 atom stereocenters. The minimum atomic E-state index is -1.54. The third-order valence-corrected chi connectivity index (χ3v) is 2.55. The van der Waals surface area contributed by atoms with E-state index in [0.29, 0.717) is 11.2 Å². The van der Waals surface area contributed by atoms with E-state index in [1.54, 1.807) is 6.07 Å². The number of hydrogen-bond acceptors (Lipinski definition) is 5. The maximum Gasteiger partial charge on any atom is 0.488 e. The Morgan fingerprint density at radius 2 is 1.62 bits per heavy atom. The molecule has 0 saturated carbocycles. The lowest BCUT2D eigenvalue weighted by Gasteiger charge is -2.09. The van der Waals surface area contributed by atoms with Crippen LogP contribution in [0.1, 0.15) is 0 Å². The highest BCUT2D eigenvalue weighted by atomic mass is 19.1. The predicted octanol–water partition coefficient (Wildman–Crippen LogP) is 1.57. The Labute approximate surface area is 122 Å². The first-order chi connectivity index (χ1) is 10.1. The molecule has 0 radical (unpaired) electrons. The van der Waals surface area contributed by atoms with Crippen molar-refractivity contribution in [2.75, 3.05) is 7.11 Å². The molecule has 0 aliphatic rings. The monoisotopic (exact) mass is 291 g/mol. The highest BCUT2D eigenvalue weighted by Crippen LogP contribution is 2.29. The summed E-state index contributed by atoms with van der Waals surface area (Å²) >= 11 is 0. The van der Waals surface area contributed by atoms with Crippen LogP contribution in [-0.2, 0) is 0 Å². The van der Waals surface area contributed by atoms with Gasteiger partial charge < -0.3 is 24.9 Å². The molecule has 7 heteroatoms. The zero-order chi connectivity index (χ0) is 15.8. The van der Waals surface area contributed by atoms with E-state index in [0.717, 1.165) is 0 Å². The van der Waals surface area contributed by atoms with Gasteiger partial charge in [0.2, 0.25) is 5.82 Å². The maximum absolute atomic E-state index is 13.8. The average molecular weight is 291 g/mol. The summed E-state index contributed by atoms with van der Waals surface area (Å²) in [5, 5.41) is 23.4. The van der Waals surface area contributed by atoms with Crippen LogP contribution in [-0.4, -0.2) is 31.0 Å². The molecular weight excluding hydrogens is 276 g/mol. The van der Waals surface area contributed by atoms with E-state index < -0.39 is 12.9 Å². The summed E-state index contributed by atoms with van der Waals surface area (Å²) in [6, 6.07) is 10.6. The molecule has 3 N–H and O–H groups in total. The second kappa shape index (κ2) is 8.03. The molecule has 0 fully saturated rings. The quantitative estimate of drug-likeness (QED) is 0.590. The van der Waals surface area contributed by atoms with Crippen molar-refractivity contribution in [1.82, 2.24) is 0 Å². The van der Waals surface area contributed by atoms with Crippen LogP contribution in [0.4, 0.5) is 4.39 Å². The Hall–Kier alpha value is -2.38. The molecule has 2 aromatic carbocycles. The van der Waals surface area contributed by atoms with E-state index in [4.69, 9.17) is 24.9 Å². The molecule has 5 nitrogen and oxygen atoms in total. The molecule has 0 aliphatic carbocycles. The third kappa shape index (κ3) is 4.30. The molecular formula is C14H15BFNO4. The van der Waals surface area contributed by atoms with Gasteiger partial charge in [0.25, 0.3) is 0 Å². The second-order valence-electron chi connectivity index (χ2n) is 3.82. The van der Waals surface area contributed by atoms with Crippen molar-refractivity contribution in [3.63, 3.8) is 0 Å². The Balaban J connectivity index is 0.00000106. The zero-order valence-electron chi connectivity index (χ0n) is 11.4. The van der Waals surface area contributed by atoms with Crippen LogP contribution in [0, 0.1) is 11.2 Å². The average Bonchev–Trinajstić information content (AvgIpc) is 2.52. The number of ether oxygens (including phenoxy) is 2. The molecule has 0 heterocycles. The van der Waals surface area contributed by atoms with Crippen LogP contribution in [0.25, 0.3) is 0 Å². The zero-order valence-corrected chi connectivity index (χ0v) is 11.4. The summed E-state index contributed by atoms with van der Waals surface area (Å²) in [6.45, 7) is 2.50. The van der Waals surface area contributed by atoms with E-state index in [2.05, 4.69) is 6.72 Å². The van der Waals surface area contributed by atoms with E-state index in [-0.39, 0.29) is 11.5 Å². The van der Waals surface area contributed by atoms with E-state index in [1.807, 2.05) is 0 Å². The van der Waals surface area contributed by atoms with Crippen LogP contribution in [0.3, 0.4) is 0 Å². The van der Waals surface area contributed by atoms with Gasteiger partial charge in [0.15, 0.2) is 11.5 Å². The summed E-state index contributed by atoms with van der Waals surface area (Å²) in [7, 11) is -0.165. The lowest BCUT2D eigenvalue weighted by molar-refractivity contribution is 0.368. The van der Waals surface area contributed by atoms with Gasteiger partial charge in [-0.3, -0.25) is 0 Å². The van der Waals surface area contributed by atoms with E-state index >= 15 is 0 Å². The number of nitrogens with one attached hydrogen (secondary N) is 1. The summed E-state index contributed by atoms with van der Waals surface area (Å²) in [5.41, 5.74) is 0.332. The van der Waals surface area contributed by atoms with Gasteiger partial charge in [0.05, 0.1) is 7.11 Å². The first-order valence-electron chi connectivity index (χ1n) is 5.93. The van der Waals surface area contributed by atoms with Gasteiger partial charge in [0, 0.05) is 0 Å². The molecule has 0 saturated heterocycles. The second-order valence-corrected chi connectivity index (χ2v) is 3.82. The van der Waals surface area contributed by atoms with Crippen molar-refractivity contribution in [2.45, 2.75) is 0 Å². The SMILES string of the molecule is C=N.COc1cccc(Oc2ccc(B(O)O)cc2)c1F. The van der Waals surface area contributed by atoms with Crippen molar-refractivity contribution in [3.05, 3.63) is 48.3 Å². The fourth-order valence-electron chi connectivity index (χ4n) is 1.56. The molecule has 0 aliphatic heterocycles. The molecule has 0 bridgehead atoms. The molecule has 0 amide bonds. The van der Waals surface area contributed by atoms with Gasteiger partial charge in [0.1, 0.15) is 5.75 Å². The number of methoxy groups -OCH3 is 1. The van der Waals surface area contributed by atoms with Crippen LogP contribution < -0.4 is 14.9 Å². The van der Waals surface area contributed by atoms with Crippen molar-refractivity contribution < 1.29 is 23.9 Å². The number of hydrogen-bond donors (Lipinski definition) is 3. The van der Waals surface area contributed by atoms with Crippen molar-refractivity contribution >= 4 is 19.3 Å². The van der Waals surface area contributed by atoms with Gasteiger partial charge in [-0.2, -0.15) is 4.39 Å². The topological polar surface area (TPSA) is 82.8 Å². The number of benzene rings is 2. The first-order valence-corrected chi connectivity index (χ1v) is 5.93. The Bertz CT molecular complexity index is 578. The maximum atomic E-state index is 13.8. The minimum Gasteiger partial charge on any atom is -0.494 e. The van der Waals surface area contributed by atoms with Gasteiger partial charge in [-0.15, -0.1) is 0 Å². The molecule has 2 aromatic rings. The Morgan fingerprint density at radius 3 is 2.14 bits per heavy atom. The van der Waals surface area contributed by atoms with Crippen molar-refractivity contribution in [1.29, 1.82) is 5.41 Å². The van der Waals surface area contributed by atoms with Gasteiger partial charge >= 0.3 is 7.12 Å². The van der Waals surface area contributed by atoms with E-state index in [1.165, 1.54) is 43.5 Å². The highest BCUT2D eigenvalue weighted by Gasteiger charge is 2.12. The summed E-state index contributed by atoms with van der Waals surface area (Å²) in [5.74, 6) is -0.0654. The lowest BCUT2D eigenvalue weighted by Crippen LogP contribution is -2.29. The summed E-state index contributed by atoms with van der Waals surface area (Å²) < 4.78 is 24.1. The fourth-order valence-corrected chi connectivity index (χ4v) is 1.56. The van der Waals surface area contributed by atoms with Crippen LogP contribution >= 0.6 is 0 Å². The standard InChI is InChI=1S/C13H12BFO4.CH3N/c1-18-11-3-2-4-12(13(11)15)19-10-7-5-9(6-8-10)14(16)17;1-2/h2-8,16-17H,1H3;2H,1H2. The van der Waals surface area contributed by atoms with Crippen molar-refractivity contribution in [3.8, 4) is 17.2 Å². The Morgan fingerprint density at radius 1 is 1.05 bits per heavy atom. The fraction of sp³-hybridized carbons (Fsp3) is 0.0714. The molecule has 0 unspecified atom stereocenters. The van der Waals surface area contributed by atoms with Gasteiger partial charge in [-0.1, -0.05) is 18.2 Å². The van der Waals surface area contributed by atoms with Crippen molar-refractivity contribution in [2.24, 2.45) is 0 Å².